The number of nitrogens with zero attached hydrogens (tertiary/aromatic N) is 2. The molecule has 2 heterocycles. The molecule has 9 heteroatoms. The van der Waals surface area contributed by atoms with E-state index in [0.717, 1.165) is 30.4 Å². The van der Waals surface area contributed by atoms with Gasteiger partial charge in [-0.25, -0.2) is 0 Å². The second kappa shape index (κ2) is 19.8. The van der Waals surface area contributed by atoms with Crippen molar-refractivity contribution in [3.8, 4) is 11.1 Å². The van der Waals surface area contributed by atoms with Crippen molar-refractivity contribution in [1.82, 2.24) is 20.4 Å². The summed E-state index contributed by atoms with van der Waals surface area (Å²) in [5.74, 6) is -0.981. The van der Waals surface area contributed by atoms with Gasteiger partial charge in [-0.05, 0) is 81.5 Å². The third-order valence-corrected chi connectivity index (χ3v) is 9.27. The molecule has 51 heavy (non-hydrogen) atoms. The number of carbonyl (C=O) groups is 4. The molecule has 4 amide bonds. The van der Waals surface area contributed by atoms with Crippen LogP contribution in [-0.4, -0.2) is 65.1 Å². The molecule has 0 spiro atoms. The van der Waals surface area contributed by atoms with Crippen LogP contribution in [0.2, 0.25) is 0 Å². The maximum absolute atomic E-state index is 14.4. The van der Waals surface area contributed by atoms with Gasteiger partial charge in [-0.2, -0.15) is 0 Å². The van der Waals surface area contributed by atoms with Crippen LogP contribution in [0.4, 0.5) is 0 Å². The molecule has 0 radical (unpaired) electrons. The first-order chi connectivity index (χ1) is 24.6. The largest absolute Gasteiger partial charge is 0.472 e. The van der Waals surface area contributed by atoms with Crippen LogP contribution in [0.5, 0.6) is 0 Å². The summed E-state index contributed by atoms with van der Waals surface area (Å²) in [4.78, 5) is 58.4. The van der Waals surface area contributed by atoms with Gasteiger partial charge in [-0.3, -0.25) is 19.2 Å². The highest BCUT2D eigenvalue weighted by atomic mass is 16.3. The molecule has 4 rings (SSSR count). The van der Waals surface area contributed by atoms with Gasteiger partial charge in [0.25, 0.3) is 11.8 Å². The molecule has 1 aliphatic rings. The summed E-state index contributed by atoms with van der Waals surface area (Å²) in [6.07, 6.45) is 16.2. The van der Waals surface area contributed by atoms with E-state index in [-0.39, 0.29) is 36.7 Å². The molecule has 0 aliphatic carbocycles. The minimum absolute atomic E-state index is 0.0858. The van der Waals surface area contributed by atoms with Crippen LogP contribution in [-0.2, 0) is 9.59 Å². The summed E-state index contributed by atoms with van der Waals surface area (Å²) in [7, 11) is 0. The molecule has 0 saturated carbocycles. The van der Waals surface area contributed by atoms with Crippen molar-refractivity contribution in [2.45, 2.75) is 116 Å². The second-order valence-corrected chi connectivity index (χ2v) is 14.8. The third kappa shape index (κ3) is 12.4. The lowest BCUT2D eigenvalue weighted by Crippen LogP contribution is -2.47. The predicted octanol–water partition coefficient (Wildman–Crippen LogP) is 8.32. The Balaban J connectivity index is 1.53. The molecule has 1 unspecified atom stereocenters. The molecule has 9 nitrogen and oxygen atoms in total. The summed E-state index contributed by atoms with van der Waals surface area (Å²) in [6, 6.07) is 15.4. The quantitative estimate of drug-likeness (QED) is 0.146. The molecule has 1 atom stereocenters. The van der Waals surface area contributed by atoms with Gasteiger partial charge in [0.2, 0.25) is 11.8 Å². The Kier molecular flexibility index (Phi) is 15.3. The van der Waals surface area contributed by atoms with Crippen molar-refractivity contribution in [3.05, 3.63) is 83.8 Å². The van der Waals surface area contributed by atoms with Crippen molar-refractivity contribution >= 4 is 23.6 Å². The number of amides is 4. The van der Waals surface area contributed by atoms with Gasteiger partial charge in [-0.15, -0.1) is 0 Å². The molecule has 2 N–H and O–H groups in total. The van der Waals surface area contributed by atoms with E-state index in [0.29, 0.717) is 42.6 Å². The van der Waals surface area contributed by atoms with E-state index in [4.69, 9.17) is 4.42 Å². The third-order valence-electron chi connectivity index (χ3n) is 9.27. The van der Waals surface area contributed by atoms with Crippen LogP contribution in [0.25, 0.3) is 11.1 Å². The fraction of sp³-hybridized carbons (Fsp3) is 0.524. The first-order valence-electron chi connectivity index (χ1n) is 19.0. The molecule has 276 valence electrons. The van der Waals surface area contributed by atoms with Gasteiger partial charge in [-0.1, -0.05) is 89.0 Å². The van der Waals surface area contributed by atoms with Crippen LogP contribution in [0.1, 0.15) is 137 Å². The van der Waals surface area contributed by atoms with Gasteiger partial charge in [0.15, 0.2) is 0 Å². The molecule has 0 fully saturated rings. The number of furan rings is 1. The first-order valence-corrected chi connectivity index (χ1v) is 19.0. The van der Waals surface area contributed by atoms with Gasteiger partial charge >= 0.3 is 0 Å². The molecule has 2 aromatic carbocycles. The first kappa shape index (κ1) is 39.4. The van der Waals surface area contributed by atoms with Crippen molar-refractivity contribution in [1.29, 1.82) is 0 Å². The SMILES string of the molecule is CCCCCCCCCCCCNC(=O)C(c1ccoc1)N1CCCCN(CC(=O)NC(C)(C)C)C(=O)c2cccc(c2)-c2cccc(c2)C1=O. The molecular weight excluding hydrogens is 640 g/mol. The summed E-state index contributed by atoms with van der Waals surface area (Å²) in [5.41, 5.74) is 2.65. The number of carbonyl (C=O) groups excluding carboxylic acids is 4. The lowest BCUT2D eigenvalue weighted by molar-refractivity contribution is -0.126. The number of rotatable bonds is 16. The maximum Gasteiger partial charge on any atom is 0.254 e. The van der Waals surface area contributed by atoms with E-state index in [9.17, 15) is 19.2 Å². The molecule has 1 aliphatic heterocycles. The molecule has 1 aromatic heterocycles. The Morgan fingerprint density at radius 1 is 0.765 bits per heavy atom. The fourth-order valence-electron chi connectivity index (χ4n) is 6.65. The summed E-state index contributed by atoms with van der Waals surface area (Å²) >= 11 is 0. The van der Waals surface area contributed by atoms with E-state index >= 15 is 0 Å². The van der Waals surface area contributed by atoms with Gasteiger partial charge in [0, 0.05) is 41.9 Å². The summed E-state index contributed by atoms with van der Waals surface area (Å²) in [5, 5.41) is 6.07. The number of hydrogen-bond acceptors (Lipinski definition) is 5. The van der Waals surface area contributed by atoms with Crippen molar-refractivity contribution in [3.63, 3.8) is 0 Å². The van der Waals surface area contributed by atoms with Crippen LogP contribution >= 0.6 is 0 Å². The zero-order valence-electron chi connectivity index (χ0n) is 31.2. The number of fused-ring (bicyclic) bond motifs is 5. The Morgan fingerprint density at radius 3 is 1.92 bits per heavy atom. The Morgan fingerprint density at radius 2 is 1.33 bits per heavy atom. The number of unbranched alkanes of at least 4 members (excludes halogenated alkanes) is 9. The lowest BCUT2D eigenvalue weighted by Gasteiger charge is -2.31. The standard InChI is InChI=1S/C42H58N4O5/c1-5-6-7-8-9-10-11-12-13-14-24-43-39(48)38(36-23-27-51-31-36)46-26-16-15-25-45(30-37(47)44-42(2,3)4)40(49)34-21-17-19-32(28-34)33-20-18-22-35(29-33)41(46)50/h17-23,27-29,31,38H,5-16,24-26,30H2,1-4H3,(H,43,48)(H,44,47). The Hall–Kier alpha value is -4.40. The van der Waals surface area contributed by atoms with Crippen LogP contribution in [0.15, 0.2) is 71.5 Å². The molecular formula is C42H58N4O5. The normalized spacial score (nSPS) is 14.6. The highest BCUT2D eigenvalue weighted by Gasteiger charge is 2.33. The van der Waals surface area contributed by atoms with Crippen LogP contribution < -0.4 is 10.6 Å². The lowest BCUT2D eigenvalue weighted by atomic mass is 9.99. The van der Waals surface area contributed by atoms with Gasteiger partial charge < -0.3 is 24.9 Å². The highest BCUT2D eigenvalue weighted by molar-refractivity contribution is 6.00. The second-order valence-electron chi connectivity index (χ2n) is 14.8. The van der Waals surface area contributed by atoms with E-state index in [2.05, 4.69) is 17.6 Å². The topological polar surface area (TPSA) is 112 Å². The summed E-state index contributed by atoms with van der Waals surface area (Å²) < 4.78 is 5.42. The number of benzene rings is 2. The zero-order chi connectivity index (χ0) is 36.6. The monoisotopic (exact) mass is 698 g/mol. The molecule has 4 bridgehead atoms. The van der Waals surface area contributed by atoms with E-state index < -0.39 is 11.6 Å². The van der Waals surface area contributed by atoms with E-state index in [1.165, 1.54) is 57.5 Å². The fourth-order valence-corrected chi connectivity index (χ4v) is 6.65. The smallest absolute Gasteiger partial charge is 0.254 e. The Bertz CT molecular complexity index is 1560. The minimum atomic E-state index is -0.894. The van der Waals surface area contributed by atoms with Gasteiger partial charge in [0.1, 0.15) is 6.04 Å². The Labute approximate surface area is 304 Å². The average molecular weight is 699 g/mol. The average Bonchev–Trinajstić information content (AvgIpc) is 3.64. The van der Waals surface area contributed by atoms with Crippen molar-refractivity contribution in [2.75, 3.05) is 26.2 Å². The molecule has 3 aromatic rings. The van der Waals surface area contributed by atoms with Crippen molar-refractivity contribution in [2.24, 2.45) is 0 Å². The predicted molar refractivity (Wildman–Crippen MR) is 202 cm³/mol. The molecule has 0 saturated heterocycles. The number of hydrogen-bond donors (Lipinski definition) is 2. The van der Waals surface area contributed by atoms with E-state index in [1.54, 1.807) is 34.1 Å². The van der Waals surface area contributed by atoms with Crippen molar-refractivity contribution < 1.29 is 23.6 Å². The van der Waals surface area contributed by atoms with Gasteiger partial charge in [0.05, 0.1) is 19.1 Å². The van der Waals surface area contributed by atoms with E-state index in [1.807, 2.05) is 51.1 Å². The highest BCUT2D eigenvalue weighted by Crippen LogP contribution is 2.28. The summed E-state index contributed by atoms with van der Waals surface area (Å²) in [6.45, 7) is 8.99. The number of nitrogens with one attached hydrogen (secondary N) is 2. The minimum Gasteiger partial charge on any atom is -0.472 e. The zero-order valence-corrected chi connectivity index (χ0v) is 31.2. The van der Waals surface area contributed by atoms with Crippen LogP contribution in [0, 0.1) is 0 Å². The van der Waals surface area contributed by atoms with Crippen LogP contribution in [0.3, 0.4) is 0 Å². The maximum atomic E-state index is 14.4.